The van der Waals surface area contributed by atoms with Crippen molar-refractivity contribution in [1.29, 1.82) is 0 Å². The van der Waals surface area contributed by atoms with Crippen LogP contribution in [0.3, 0.4) is 0 Å². The van der Waals surface area contributed by atoms with E-state index in [9.17, 15) is 8.42 Å². The van der Waals surface area contributed by atoms with Crippen molar-refractivity contribution < 1.29 is 8.42 Å². The third-order valence-corrected chi connectivity index (χ3v) is 3.33. The first kappa shape index (κ1) is 9.98. The number of benzene rings is 1. The van der Waals surface area contributed by atoms with Crippen LogP contribution >= 0.6 is 27.7 Å². The molecule has 66 valence electrons. The smallest absolute Gasteiger partial charge is 0.112 e. The zero-order valence-electron chi connectivity index (χ0n) is 5.74. The zero-order chi connectivity index (χ0) is 9.19. The second kappa shape index (κ2) is 3.74. The Bertz CT molecular complexity index is 362. The van der Waals surface area contributed by atoms with Crippen molar-refractivity contribution in [3.8, 4) is 0 Å². The van der Waals surface area contributed by atoms with Crippen LogP contribution in [0.1, 0.15) is 0 Å². The minimum atomic E-state index is -3.65. The van der Waals surface area contributed by atoms with Crippen LogP contribution in [0.2, 0.25) is 0 Å². The van der Waals surface area contributed by atoms with Crippen LogP contribution in [0.5, 0.6) is 0 Å². The average Bonchev–Trinajstić information content (AvgIpc) is 2.05. The molecule has 0 amide bonds. The summed E-state index contributed by atoms with van der Waals surface area (Å²) in [6.45, 7) is 0. The molecule has 1 aromatic carbocycles. The predicted molar refractivity (Wildman–Crippen MR) is 50.5 cm³/mol. The molecular formula is C6H4BrClNO2S-. The number of rotatable bonds is 2. The van der Waals surface area contributed by atoms with Crippen molar-refractivity contribution >= 4 is 37.7 Å². The maximum Gasteiger partial charge on any atom is 0.112 e. The summed E-state index contributed by atoms with van der Waals surface area (Å²) in [4.78, 5) is 0.0840. The maximum absolute atomic E-state index is 11.0. The monoisotopic (exact) mass is 268 g/mol. The van der Waals surface area contributed by atoms with Gasteiger partial charge in [-0.3, -0.25) is 11.8 Å². The average molecular weight is 270 g/mol. The van der Waals surface area contributed by atoms with E-state index in [0.29, 0.717) is 0 Å². The Morgan fingerprint density at radius 3 is 2.17 bits per heavy atom. The molecule has 0 radical (unpaired) electrons. The lowest BCUT2D eigenvalue weighted by Crippen LogP contribution is -1.94. The van der Waals surface area contributed by atoms with Crippen LogP contribution in [0.4, 0.5) is 0 Å². The molecule has 0 bridgehead atoms. The van der Waals surface area contributed by atoms with Crippen LogP contribution in [0, 0.1) is 0 Å². The van der Waals surface area contributed by atoms with Crippen LogP contribution in [-0.4, -0.2) is 8.42 Å². The largest absolute Gasteiger partial charge is 0.458 e. The van der Waals surface area contributed by atoms with Crippen molar-refractivity contribution in [3.63, 3.8) is 0 Å². The van der Waals surface area contributed by atoms with E-state index in [4.69, 9.17) is 11.8 Å². The molecule has 1 rings (SSSR count). The van der Waals surface area contributed by atoms with Gasteiger partial charge in [0.25, 0.3) is 0 Å². The van der Waals surface area contributed by atoms with Crippen LogP contribution in [-0.2, 0) is 10.0 Å². The molecule has 0 spiro atoms. The lowest BCUT2D eigenvalue weighted by atomic mass is 10.4. The fraction of sp³-hybridized carbons (Fsp3) is 0. The third kappa shape index (κ3) is 2.20. The number of hydrogen-bond acceptors (Lipinski definition) is 2. The quantitative estimate of drug-likeness (QED) is 0.829. The standard InChI is InChI=1S/C6H4BrClNO2S/c7-5-1-3-6(4-2-5)12(10,11)9-8/h1-4H/q-1. The molecule has 0 unspecified atom stereocenters. The first-order valence-corrected chi connectivity index (χ1v) is 5.47. The molecule has 12 heavy (non-hydrogen) atoms. The molecule has 0 aromatic heterocycles. The topological polar surface area (TPSA) is 48.2 Å². The van der Waals surface area contributed by atoms with Gasteiger partial charge >= 0.3 is 0 Å². The first-order chi connectivity index (χ1) is 5.56. The number of halogens is 2. The Morgan fingerprint density at radius 1 is 1.25 bits per heavy atom. The third-order valence-electron chi connectivity index (χ3n) is 1.20. The first-order valence-electron chi connectivity index (χ1n) is 2.90. The summed E-state index contributed by atoms with van der Waals surface area (Å²) in [5, 5.41) is 0. The molecule has 0 saturated carbocycles. The molecule has 0 N–H and O–H groups in total. The van der Waals surface area contributed by atoms with Gasteiger partial charge in [-0.25, -0.2) is 8.42 Å². The van der Waals surface area contributed by atoms with Gasteiger partial charge < -0.3 is 4.24 Å². The lowest BCUT2D eigenvalue weighted by molar-refractivity contribution is 0.604. The predicted octanol–water partition coefficient (Wildman–Crippen LogP) is 2.67. The Hall–Kier alpha value is -0.100. The number of nitrogens with zero attached hydrogens (tertiary/aromatic N) is 1. The highest BCUT2D eigenvalue weighted by molar-refractivity contribution is 9.10. The van der Waals surface area contributed by atoms with E-state index in [1.807, 2.05) is 0 Å². The van der Waals surface area contributed by atoms with Gasteiger partial charge in [0.2, 0.25) is 0 Å². The summed E-state index contributed by atoms with van der Waals surface area (Å²) in [6.07, 6.45) is 0. The summed E-state index contributed by atoms with van der Waals surface area (Å²) in [5.74, 6) is 0. The van der Waals surface area contributed by atoms with Gasteiger partial charge in [-0.15, -0.1) is 0 Å². The Balaban J connectivity index is 3.14. The summed E-state index contributed by atoms with van der Waals surface area (Å²) >= 11 is 8.07. The fourth-order valence-electron chi connectivity index (χ4n) is 0.646. The van der Waals surface area contributed by atoms with E-state index < -0.39 is 10.0 Å². The highest BCUT2D eigenvalue weighted by atomic mass is 79.9. The fourth-order valence-corrected chi connectivity index (χ4v) is 1.71. The Morgan fingerprint density at radius 2 is 1.75 bits per heavy atom. The van der Waals surface area contributed by atoms with Gasteiger partial charge in [0.1, 0.15) is 10.0 Å². The molecule has 0 saturated heterocycles. The molecule has 1 aromatic rings. The zero-order valence-corrected chi connectivity index (χ0v) is 8.90. The molecule has 6 heteroatoms. The van der Waals surface area contributed by atoms with E-state index in [0.717, 1.165) is 4.47 Å². The van der Waals surface area contributed by atoms with Crippen molar-refractivity contribution in [1.82, 2.24) is 0 Å². The van der Waals surface area contributed by atoms with Crippen molar-refractivity contribution in [2.45, 2.75) is 4.90 Å². The Labute approximate surface area is 84.0 Å². The summed E-state index contributed by atoms with van der Waals surface area (Å²) in [6, 6.07) is 6.06. The van der Waals surface area contributed by atoms with E-state index in [1.54, 1.807) is 12.1 Å². The number of sulfonamides is 1. The second-order valence-electron chi connectivity index (χ2n) is 2.00. The molecule has 0 heterocycles. The van der Waals surface area contributed by atoms with Crippen LogP contribution < -0.4 is 0 Å². The molecule has 3 nitrogen and oxygen atoms in total. The van der Waals surface area contributed by atoms with Gasteiger partial charge in [-0.1, -0.05) is 15.9 Å². The van der Waals surface area contributed by atoms with Gasteiger partial charge in [0.15, 0.2) is 0 Å². The SMILES string of the molecule is O=S(=O)([N-]Cl)c1ccc(Br)cc1. The van der Waals surface area contributed by atoms with Crippen molar-refractivity contribution in [2.75, 3.05) is 0 Å². The van der Waals surface area contributed by atoms with Crippen molar-refractivity contribution in [3.05, 3.63) is 33.0 Å². The second-order valence-corrected chi connectivity index (χ2v) is 4.89. The van der Waals surface area contributed by atoms with E-state index >= 15 is 0 Å². The molecule has 0 atom stereocenters. The van der Waals surface area contributed by atoms with Gasteiger partial charge in [-0.2, -0.15) is 0 Å². The molecule has 0 aliphatic heterocycles. The van der Waals surface area contributed by atoms with Gasteiger partial charge in [0, 0.05) is 9.37 Å². The molecule has 0 aliphatic rings. The lowest BCUT2D eigenvalue weighted by Gasteiger charge is -2.11. The highest BCUT2D eigenvalue weighted by Crippen LogP contribution is 2.20. The van der Waals surface area contributed by atoms with E-state index in [2.05, 4.69) is 20.2 Å². The van der Waals surface area contributed by atoms with Crippen LogP contribution in [0.15, 0.2) is 33.6 Å². The molecular weight excluding hydrogens is 265 g/mol. The molecule has 0 aliphatic carbocycles. The minimum Gasteiger partial charge on any atom is -0.458 e. The maximum atomic E-state index is 11.0. The van der Waals surface area contributed by atoms with Gasteiger partial charge in [0.05, 0.1) is 0 Å². The summed E-state index contributed by atoms with van der Waals surface area (Å²) < 4.78 is 25.5. The number of hydrogen-bond donors (Lipinski definition) is 0. The van der Waals surface area contributed by atoms with Gasteiger partial charge in [-0.05, 0) is 24.3 Å². The minimum absolute atomic E-state index is 0.0840. The Kier molecular flexibility index (Phi) is 3.11. The van der Waals surface area contributed by atoms with E-state index in [-0.39, 0.29) is 4.90 Å². The van der Waals surface area contributed by atoms with E-state index in [1.165, 1.54) is 12.1 Å². The highest BCUT2D eigenvalue weighted by Gasteiger charge is 2.01. The van der Waals surface area contributed by atoms with Crippen LogP contribution in [0.25, 0.3) is 4.24 Å². The molecule has 0 fully saturated rings. The normalized spacial score (nSPS) is 11.5. The summed E-state index contributed by atoms with van der Waals surface area (Å²) in [5.41, 5.74) is 0. The van der Waals surface area contributed by atoms with Crippen molar-refractivity contribution in [2.24, 2.45) is 0 Å². The summed E-state index contributed by atoms with van der Waals surface area (Å²) in [7, 11) is -3.65.